The molecule has 2 rings (SSSR count). The predicted octanol–water partition coefficient (Wildman–Crippen LogP) is 4.09. The second kappa shape index (κ2) is 6.58. The fourth-order valence-electron chi connectivity index (χ4n) is 2.48. The van der Waals surface area contributed by atoms with Gasteiger partial charge in [0.15, 0.2) is 0 Å². The summed E-state index contributed by atoms with van der Waals surface area (Å²) < 4.78 is 0. The molecule has 1 saturated carbocycles. The average molecular weight is 301 g/mol. The van der Waals surface area contributed by atoms with Crippen molar-refractivity contribution in [2.75, 3.05) is 0 Å². The van der Waals surface area contributed by atoms with Crippen molar-refractivity contribution in [2.45, 2.75) is 45.1 Å². The maximum atomic E-state index is 12.2. The first-order valence-corrected chi connectivity index (χ1v) is 7.43. The Balaban J connectivity index is 2.02. The summed E-state index contributed by atoms with van der Waals surface area (Å²) in [4.78, 5) is 16.0. The van der Waals surface area contributed by atoms with Gasteiger partial charge in [-0.1, -0.05) is 43.0 Å². The molecule has 0 radical (unpaired) electrons. The fraction of sp³-hybridized carbons (Fsp3) is 0.571. The summed E-state index contributed by atoms with van der Waals surface area (Å²) >= 11 is 11.8. The van der Waals surface area contributed by atoms with Gasteiger partial charge in [0.05, 0.1) is 10.6 Å². The summed E-state index contributed by atoms with van der Waals surface area (Å²) in [5.41, 5.74) is 0.402. The highest BCUT2D eigenvalue weighted by Gasteiger charge is 2.20. The van der Waals surface area contributed by atoms with E-state index in [4.69, 9.17) is 23.2 Å². The van der Waals surface area contributed by atoms with Gasteiger partial charge in [-0.2, -0.15) is 0 Å². The van der Waals surface area contributed by atoms with Crippen molar-refractivity contribution in [1.82, 2.24) is 10.3 Å². The van der Waals surface area contributed by atoms with Gasteiger partial charge in [0.1, 0.15) is 5.15 Å². The summed E-state index contributed by atoms with van der Waals surface area (Å²) in [6.45, 7) is 2.27. The third-order valence-electron chi connectivity index (χ3n) is 3.66. The van der Waals surface area contributed by atoms with Crippen LogP contribution in [0.4, 0.5) is 0 Å². The summed E-state index contributed by atoms with van der Waals surface area (Å²) in [5, 5.41) is 3.67. The Hall–Kier alpha value is -0.800. The number of nitrogens with zero attached hydrogens (tertiary/aromatic N) is 1. The summed E-state index contributed by atoms with van der Waals surface area (Å²) in [7, 11) is 0. The highest BCUT2D eigenvalue weighted by Crippen LogP contribution is 2.24. The number of rotatable bonds is 2. The van der Waals surface area contributed by atoms with E-state index in [0.717, 1.165) is 31.6 Å². The quantitative estimate of drug-likeness (QED) is 0.660. The van der Waals surface area contributed by atoms with E-state index >= 15 is 0 Å². The van der Waals surface area contributed by atoms with Gasteiger partial charge < -0.3 is 5.32 Å². The molecule has 1 heterocycles. The molecular weight excluding hydrogens is 283 g/mol. The molecule has 2 unspecified atom stereocenters. The van der Waals surface area contributed by atoms with Crippen LogP contribution in [0.15, 0.2) is 12.3 Å². The molecule has 1 aliphatic rings. The number of halogens is 2. The van der Waals surface area contributed by atoms with Crippen molar-refractivity contribution in [3.05, 3.63) is 28.0 Å². The minimum absolute atomic E-state index is 0.158. The molecule has 3 nitrogen and oxygen atoms in total. The summed E-state index contributed by atoms with van der Waals surface area (Å²) in [6, 6.07) is 1.75. The van der Waals surface area contributed by atoms with Crippen molar-refractivity contribution < 1.29 is 4.79 Å². The Morgan fingerprint density at radius 3 is 2.89 bits per heavy atom. The predicted molar refractivity (Wildman–Crippen MR) is 77.8 cm³/mol. The number of hydrogen-bond acceptors (Lipinski definition) is 2. The SMILES string of the molecule is CC1CCCC(NC(=O)c2cc(Cl)ncc2Cl)CC1. The summed E-state index contributed by atoms with van der Waals surface area (Å²) in [5.74, 6) is 0.592. The van der Waals surface area contributed by atoms with Gasteiger partial charge in [0.25, 0.3) is 5.91 Å². The van der Waals surface area contributed by atoms with Crippen LogP contribution in [0.2, 0.25) is 10.2 Å². The largest absolute Gasteiger partial charge is 0.349 e. The van der Waals surface area contributed by atoms with Crippen LogP contribution in [0.1, 0.15) is 49.4 Å². The molecule has 0 spiro atoms. The van der Waals surface area contributed by atoms with Crippen LogP contribution in [0.25, 0.3) is 0 Å². The highest BCUT2D eigenvalue weighted by molar-refractivity contribution is 6.35. The second-order valence-corrected chi connectivity index (χ2v) is 6.07. The Kier molecular flexibility index (Phi) is 5.06. The van der Waals surface area contributed by atoms with E-state index in [-0.39, 0.29) is 17.1 Å². The van der Waals surface area contributed by atoms with E-state index in [9.17, 15) is 4.79 Å². The monoisotopic (exact) mass is 300 g/mol. The molecule has 5 heteroatoms. The van der Waals surface area contributed by atoms with Crippen molar-refractivity contribution in [3.8, 4) is 0 Å². The van der Waals surface area contributed by atoms with Crippen LogP contribution in [-0.4, -0.2) is 16.9 Å². The van der Waals surface area contributed by atoms with E-state index in [2.05, 4.69) is 17.2 Å². The van der Waals surface area contributed by atoms with Gasteiger partial charge in [-0.3, -0.25) is 4.79 Å². The van der Waals surface area contributed by atoms with E-state index in [0.29, 0.717) is 10.6 Å². The molecule has 0 bridgehead atoms. The smallest absolute Gasteiger partial charge is 0.253 e. The Morgan fingerprint density at radius 1 is 1.32 bits per heavy atom. The Labute approximate surface area is 123 Å². The van der Waals surface area contributed by atoms with Crippen LogP contribution in [0, 0.1) is 5.92 Å². The van der Waals surface area contributed by atoms with E-state index < -0.39 is 0 Å². The van der Waals surface area contributed by atoms with Crippen molar-refractivity contribution in [3.63, 3.8) is 0 Å². The summed E-state index contributed by atoms with van der Waals surface area (Å²) in [6.07, 6.45) is 7.05. The van der Waals surface area contributed by atoms with Crippen molar-refractivity contribution >= 4 is 29.1 Å². The molecule has 1 fully saturated rings. The molecule has 1 aliphatic carbocycles. The molecular formula is C14H18Cl2N2O. The minimum atomic E-state index is -0.158. The van der Waals surface area contributed by atoms with E-state index in [1.807, 2.05) is 0 Å². The lowest BCUT2D eigenvalue weighted by atomic mass is 10.0. The molecule has 1 amide bonds. The normalized spacial score (nSPS) is 23.7. The van der Waals surface area contributed by atoms with E-state index in [1.165, 1.54) is 18.7 Å². The molecule has 2 atom stereocenters. The van der Waals surface area contributed by atoms with Crippen molar-refractivity contribution in [1.29, 1.82) is 0 Å². The van der Waals surface area contributed by atoms with E-state index in [1.54, 1.807) is 0 Å². The maximum Gasteiger partial charge on any atom is 0.253 e. The van der Waals surface area contributed by atoms with Gasteiger partial charge >= 0.3 is 0 Å². The number of carbonyl (C=O) groups is 1. The van der Waals surface area contributed by atoms with Crippen molar-refractivity contribution in [2.24, 2.45) is 5.92 Å². The fourth-order valence-corrected chi connectivity index (χ4v) is 2.83. The zero-order valence-corrected chi connectivity index (χ0v) is 12.5. The van der Waals surface area contributed by atoms with Crippen LogP contribution in [-0.2, 0) is 0 Å². The number of hydrogen-bond donors (Lipinski definition) is 1. The van der Waals surface area contributed by atoms with Gasteiger partial charge in [-0.25, -0.2) is 4.98 Å². The second-order valence-electron chi connectivity index (χ2n) is 5.27. The minimum Gasteiger partial charge on any atom is -0.349 e. The molecule has 0 aromatic carbocycles. The number of pyridine rings is 1. The third kappa shape index (κ3) is 4.08. The lowest BCUT2D eigenvalue weighted by Crippen LogP contribution is -2.34. The molecule has 0 aliphatic heterocycles. The van der Waals surface area contributed by atoms with Gasteiger partial charge in [-0.05, 0) is 31.2 Å². The van der Waals surface area contributed by atoms with Crippen LogP contribution in [0.3, 0.4) is 0 Å². The standard InChI is InChI=1S/C14H18Cl2N2O/c1-9-3-2-4-10(6-5-9)18-14(19)11-7-13(16)17-8-12(11)15/h7-10H,2-6H2,1H3,(H,18,19). The first kappa shape index (κ1) is 14.6. The van der Waals surface area contributed by atoms with Crippen LogP contribution < -0.4 is 5.32 Å². The first-order valence-electron chi connectivity index (χ1n) is 6.68. The third-order valence-corrected chi connectivity index (χ3v) is 4.17. The molecule has 1 aromatic heterocycles. The molecule has 104 valence electrons. The lowest BCUT2D eigenvalue weighted by Gasteiger charge is -2.16. The van der Waals surface area contributed by atoms with Crippen LogP contribution >= 0.6 is 23.2 Å². The first-order chi connectivity index (χ1) is 9.06. The lowest BCUT2D eigenvalue weighted by molar-refractivity contribution is 0.0933. The zero-order chi connectivity index (χ0) is 13.8. The molecule has 0 saturated heterocycles. The molecule has 1 N–H and O–H groups in total. The Bertz CT molecular complexity index is 465. The number of amides is 1. The van der Waals surface area contributed by atoms with Crippen LogP contribution in [0.5, 0.6) is 0 Å². The number of nitrogens with one attached hydrogen (secondary N) is 1. The molecule has 1 aromatic rings. The van der Waals surface area contributed by atoms with Gasteiger partial charge in [0.2, 0.25) is 0 Å². The zero-order valence-electron chi connectivity index (χ0n) is 11.0. The Morgan fingerprint density at radius 2 is 2.11 bits per heavy atom. The topological polar surface area (TPSA) is 42.0 Å². The maximum absolute atomic E-state index is 12.2. The number of carbonyl (C=O) groups excluding carboxylic acids is 1. The van der Waals surface area contributed by atoms with Gasteiger partial charge in [-0.15, -0.1) is 0 Å². The number of aromatic nitrogens is 1. The highest BCUT2D eigenvalue weighted by atomic mass is 35.5. The molecule has 19 heavy (non-hydrogen) atoms. The average Bonchev–Trinajstić information content (AvgIpc) is 2.57. The van der Waals surface area contributed by atoms with Gasteiger partial charge in [0, 0.05) is 12.2 Å².